The minimum absolute atomic E-state index is 0.126. The average molecular weight is 331 g/mol. The summed E-state index contributed by atoms with van der Waals surface area (Å²) in [6.07, 6.45) is 2.30. The molecule has 2 amide bonds. The molecule has 0 fully saturated rings. The van der Waals surface area contributed by atoms with Crippen LogP contribution in [-0.4, -0.2) is 34.1 Å². The van der Waals surface area contributed by atoms with Gasteiger partial charge in [0.2, 0.25) is 0 Å². The van der Waals surface area contributed by atoms with E-state index in [1.165, 1.54) is 24.3 Å². The van der Waals surface area contributed by atoms with Crippen LogP contribution < -0.4 is 5.32 Å². The summed E-state index contributed by atoms with van der Waals surface area (Å²) in [6.45, 7) is 4.61. The highest BCUT2D eigenvalue weighted by Gasteiger charge is 2.20. The van der Waals surface area contributed by atoms with Crippen LogP contribution >= 0.6 is 0 Å². The van der Waals surface area contributed by atoms with E-state index in [1.54, 1.807) is 29.4 Å². The van der Waals surface area contributed by atoms with Crippen molar-refractivity contribution in [3.05, 3.63) is 60.2 Å². The zero-order chi connectivity index (χ0) is 17.5. The van der Waals surface area contributed by atoms with Crippen LogP contribution in [0.3, 0.4) is 0 Å². The summed E-state index contributed by atoms with van der Waals surface area (Å²) in [5, 5.41) is 13.1. The van der Waals surface area contributed by atoms with E-state index < -0.39 is 6.10 Å². The van der Waals surface area contributed by atoms with Crippen molar-refractivity contribution in [3.8, 4) is 0 Å². The molecular formula is C18H22FN3O2. The van der Waals surface area contributed by atoms with Crippen LogP contribution in [0.4, 0.5) is 14.9 Å². The lowest BCUT2D eigenvalue weighted by atomic mass is 10.1. The molecule has 1 aromatic heterocycles. The molecule has 2 N–H and O–H groups in total. The number of carbonyl (C=O) groups excluding carboxylic acids is 1. The van der Waals surface area contributed by atoms with Crippen molar-refractivity contribution >= 4 is 11.7 Å². The Morgan fingerprint density at radius 3 is 2.38 bits per heavy atom. The molecule has 1 aromatic carbocycles. The predicted molar refractivity (Wildman–Crippen MR) is 91.0 cm³/mol. The molecule has 0 aliphatic heterocycles. The van der Waals surface area contributed by atoms with Gasteiger partial charge in [0.25, 0.3) is 0 Å². The minimum Gasteiger partial charge on any atom is -0.387 e. The normalized spacial score (nSPS) is 12.0. The van der Waals surface area contributed by atoms with Gasteiger partial charge in [-0.15, -0.1) is 0 Å². The first-order valence-corrected chi connectivity index (χ1v) is 7.85. The summed E-state index contributed by atoms with van der Waals surface area (Å²) >= 11 is 0. The van der Waals surface area contributed by atoms with Gasteiger partial charge in [-0.25, -0.2) is 9.18 Å². The van der Waals surface area contributed by atoms with Crippen molar-refractivity contribution in [1.29, 1.82) is 0 Å². The Morgan fingerprint density at radius 1 is 1.17 bits per heavy atom. The van der Waals surface area contributed by atoms with Crippen molar-refractivity contribution in [3.63, 3.8) is 0 Å². The predicted octanol–water partition coefficient (Wildman–Crippen LogP) is 3.44. The molecule has 128 valence electrons. The monoisotopic (exact) mass is 331 g/mol. The zero-order valence-electron chi connectivity index (χ0n) is 13.8. The summed E-state index contributed by atoms with van der Waals surface area (Å²) in [7, 11) is 0. The van der Waals surface area contributed by atoms with Crippen molar-refractivity contribution in [2.75, 3.05) is 18.4 Å². The summed E-state index contributed by atoms with van der Waals surface area (Å²) < 4.78 is 13.0. The number of anilines is 1. The SMILES string of the molecule is CC(C)CN(CC(O)c1ccc(F)cc1)C(=O)Nc1ccncc1. The lowest BCUT2D eigenvalue weighted by molar-refractivity contribution is 0.121. The summed E-state index contributed by atoms with van der Waals surface area (Å²) in [5.74, 6) is -0.117. The van der Waals surface area contributed by atoms with Crippen LogP contribution in [0.2, 0.25) is 0 Å². The van der Waals surface area contributed by atoms with Gasteiger partial charge in [-0.1, -0.05) is 26.0 Å². The fourth-order valence-electron chi connectivity index (χ4n) is 2.32. The summed E-state index contributed by atoms with van der Waals surface area (Å²) in [4.78, 5) is 18.0. The number of aliphatic hydroxyl groups is 1. The second-order valence-electron chi connectivity index (χ2n) is 6.03. The quantitative estimate of drug-likeness (QED) is 0.852. The Morgan fingerprint density at radius 2 is 1.79 bits per heavy atom. The van der Waals surface area contributed by atoms with E-state index in [9.17, 15) is 14.3 Å². The average Bonchev–Trinajstić information content (AvgIpc) is 2.55. The van der Waals surface area contributed by atoms with Gasteiger partial charge in [0.15, 0.2) is 0 Å². The van der Waals surface area contributed by atoms with Gasteiger partial charge in [-0.3, -0.25) is 4.98 Å². The second-order valence-corrected chi connectivity index (χ2v) is 6.03. The molecule has 0 radical (unpaired) electrons. The van der Waals surface area contributed by atoms with Crippen LogP contribution in [0, 0.1) is 11.7 Å². The highest BCUT2D eigenvalue weighted by molar-refractivity contribution is 5.89. The summed E-state index contributed by atoms with van der Waals surface area (Å²) in [6, 6.07) is 8.73. The number of aliphatic hydroxyl groups excluding tert-OH is 1. The third-order valence-corrected chi connectivity index (χ3v) is 3.45. The standard InChI is InChI=1S/C18H22FN3O2/c1-13(2)11-22(18(24)21-16-7-9-20-10-8-16)12-17(23)14-3-5-15(19)6-4-14/h3-10,13,17,23H,11-12H2,1-2H3,(H,20,21,24). The topological polar surface area (TPSA) is 65.5 Å². The smallest absolute Gasteiger partial charge is 0.321 e. The van der Waals surface area contributed by atoms with Gasteiger partial charge >= 0.3 is 6.03 Å². The van der Waals surface area contributed by atoms with E-state index in [-0.39, 0.29) is 24.3 Å². The maximum atomic E-state index is 13.0. The van der Waals surface area contributed by atoms with Crippen LogP contribution in [0.25, 0.3) is 0 Å². The molecule has 0 saturated carbocycles. The number of aromatic nitrogens is 1. The van der Waals surface area contributed by atoms with Crippen molar-refractivity contribution in [2.45, 2.75) is 20.0 Å². The van der Waals surface area contributed by atoms with E-state index in [0.29, 0.717) is 17.8 Å². The van der Waals surface area contributed by atoms with Crippen LogP contribution in [0.5, 0.6) is 0 Å². The van der Waals surface area contributed by atoms with Gasteiger partial charge in [-0.2, -0.15) is 0 Å². The lowest BCUT2D eigenvalue weighted by Gasteiger charge is -2.27. The largest absolute Gasteiger partial charge is 0.387 e. The molecule has 2 rings (SSSR count). The molecule has 0 aliphatic rings. The Hall–Kier alpha value is -2.47. The number of nitrogens with one attached hydrogen (secondary N) is 1. The molecule has 1 unspecified atom stereocenters. The molecule has 0 spiro atoms. The van der Waals surface area contributed by atoms with Crippen molar-refractivity contribution in [2.24, 2.45) is 5.92 Å². The number of hydrogen-bond acceptors (Lipinski definition) is 3. The second kappa shape index (κ2) is 8.40. The maximum absolute atomic E-state index is 13.0. The zero-order valence-corrected chi connectivity index (χ0v) is 13.8. The maximum Gasteiger partial charge on any atom is 0.321 e. The molecule has 2 aromatic rings. The molecule has 5 nitrogen and oxygen atoms in total. The number of amides is 2. The molecule has 24 heavy (non-hydrogen) atoms. The number of hydrogen-bond donors (Lipinski definition) is 2. The van der Waals surface area contributed by atoms with Gasteiger partial charge in [0, 0.05) is 24.6 Å². The Bertz CT molecular complexity index is 647. The number of rotatable bonds is 6. The number of benzene rings is 1. The molecule has 0 aliphatic carbocycles. The molecule has 6 heteroatoms. The number of halogens is 1. The van der Waals surface area contributed by atoms with E-state index in [4.69, 9.17) is 0 Å². The molecule has 0 bridgehead atoms. The third-order valence-electron chi connectivity index (χ3n) is 3.45. The first-order chi connectivity index (χ1) is 11.5. The van der Waals surface area contributed by atoms with Crippen molar-refractivity contribution in [1.82, 2.24) is 9.88 Å². The van der Waals surface area contributed by atoms with Gasteiger partial charge in [0.05, 0.1) is 12.6 Å². The highest BCUT2D eigenvalue weighted by atomic mass is 19.1. The van der Waals surface area contributed by atoms with Crippen LogP contribution in [0.15, 0.2) is 48.8 Å². The van der Waals surface area contributed by atoms with E-state index in [1.807, 2.05) is 13.8 Å². The number of nitrogens with zero attached hydrogens (tertiary/aromatic N) is 2. The number of carbonyl (C=O) groups is 1. The van der Waals surface area contributed by atoms with E-state index in [2.05, 4.69) is 10.3 Å². The Balaban J connectivity index is 2.06. The van der Waals surface area contributed by atoms with Gasteiger partial charge in [0.1, 0.15) is 5.82 Å². The number of urea groups is 1. The third kappa shape index (κ3) is 5.31. The first-order valence-electron chi connectivity index (χ1n) is 7.85. The number of pyridine rings is 1. The van der Waals surface area contributed by atoms with Crippen molar-refractivity contribution < 1.29 is 14.3 Å². The van der Waals surface area contributed by atoms with E-state index >= 15 is 0 Å². The molecule has 1 heterocycles. The fourth-order valence-corrected chi connectivity index (χ4v) is 2.32. The van der Waals surface area contributed by atoms with Gasteiger partial charge < -0.3 is 15.3 Å². The molecule has 0 saturated heterocycles. The lowest BCUT2D eigenvalue weighted by Crippen LogP contribution is -2.40. The minimum atomic E-state index is -0.882. The molecular weight excluding hydrogens is 309 g/mol. The molecule has 1 atom stereocenters. The highest BCUT2D eigenvalue weighted by Crippen LogP contribution is 2.17. The Kier molecular flexibility index (Phi) is 6.26. The van der Waals surface area contributed by atoms with Crippen LogP contribution in [0.1, 0.15) is 25.5 Å². The van der Waals surface area contributed by atoms with Gasteiger partial charge in [-0.05, 0) is 35.7 Å². The van der Waals surface area contributed by atoms with E-state index in [0.717, 1.165) is 0 Å². The summed E-state index contributed by atoms with van der Waals surface area (Å²) in [5.41, 5.74) is 1.21. The van der Waals surface area contributed by atoms with Crippen LogP contribution in [-0.2, 0) is 0 Å². The Labute approximate surface area is 141 Å². The first kappa shape index (κ1) is 17.9. The fraction of sp³-hybridized carbons (Fsp3) is 0.333.